The van der Waals surface area contributed by atoms with Crippen molar-refractivity contribution in [3.63, 3.8) is 0 Å². The number of hydrogen-bond donors (Lipinski definition) is 1. The van der Waals surface area contributed by atoms with Crippen LogP contribution in [0.1, 0.15) is 49.8 Å². The van der Waals surface area contributed by atoms with Crippen LogP contribution in [0.5, 0.6) is 17.2 Å². The van der Waals surface area contributed by atoms with Gasteiger partial charge >= 0.3 is 0 Å². The SMILES string of the molecule is COc1cc(/C=N\NC(=O)[C@H]2C[C@@H]2c2ccc(C(C)(C)C)cc2)cc(OC)c1OC. The fourth-order valence-corrected chi connectivity index (χ4v) is 3.51. The highest BCUT2D eigenvalue weighted by molar-refractivity contribution is 5.86. The number of rotatable bonds is 7. The minimum absolute atomic E-state index is 0.0393. The minimum Gasteiger partial charge on any atom is -0.493 e. The first kappa shape index (κ1) is 21.7. The van der Waals surface area contributed by atoms with Gasteiger partial charge in [0.2, 0.25) is 11.7 Å². The zero-order chi connectivity index (χ0) is 21.9. The number of amides is 1. The van der Waals surface area contributed by atoms with Gasteiger partial charge in [0.15, 0.2) is 11.5 Å². The average Bonchev–Trinajstić information content (AvgIpc) is 3.53. The number of nitrogens with zero attached hydrogens (tertiary/aromatic N) is 1. The van der Waals surface area contributed by atoms with E-state index in [0.29, 0.717) is 17.2 Å². The van der Waals surface area contributed by atoms with Crippen molar-refractivity contribution in [1.82, 2.24) is 5.43 Å². The summed E-state index contributed by atoms with van der Waals surface area (Å²) in [5.41, 5.74) is 6.01. The van der Waals surface area contributed by atoms with Gasteiger partial charge in [-0.2, -0.15) is 5.10 Å². The van der Waals surface area contributed by atoms with Crippen LogP contribution in [-0.4, -0.2) is 33.5 Å². The fourth-order valence-electron chi connectivity index (χ4n) is 3.51. The maximum atomic E-state index is 12.5. The number of carbonyl (C=O) groups excluding carboxylic acids is 1. The zero-order valence-electron chi connectivity index (χ0n) is 18.5. The topological polar surface area (TPSA) is 69.2 Å². The molecular formula is C24H30N2O4. The Kier molecular flexibility index (Phi) is 6.34. The van der Waals surface area contributed by atoms with Gasteiger partial charge in [-0.05, 0) is 41.0 Å². The van der Waals surface area contributed by atoms with E-state index in [-0.39, 0.29) is 23.2 Å². The Morgan fingerprint density at radius 1 is 1.03 bits per heavy atom. The molecule has 3 rings (SSSR count). The second-order valence-electron chi connectivity index (χ2n) is 8.51. The number of carbonyl (C=O) groups is 1. The lowest BCUT2D eigenvalue weighted by Crippen LogP contribution is -2.20. The molecule has 2 atom stereocenters. The summed E-state index contributed by atoms with van der Waals surface area (Å²) in [4.78, 5) is 12.5. The van der Waals surface area contributed by atoms with Crippen LogP contribution >= 0.6 is 0 Å². The lowest BCUT2D eigenvalue weighted by atomic mass is 9.86. The molecule has 1 amide bonds. The molecule has 1 aliphatic rings. The molecule has 30 heavy (non-hydrogen) atoms. The summed E-state index contributed by atoms with van der Waals surface area (Å²) in [5, 5.41) is 4.11. The molecule has 2 aromatic carbocycles. The van der Waals surface area contributed by atoms with Crippen LogP contribution < -0.4 is 19.6 Å². The van der Waals surface area contributed by atoms with Gasteiger partial charge in [0.05, 0.1) is 27.5 Å². The number of ether oxygens (including phenoxy) is 3. The molecule has 0 aliphatic heterocycles. The van der Waals surface area contributed by atoms with Crippen molar-refractivity contribution in [3.05, 3.63) is 53.1 Å². The predicted octanol–water partition coefficient (Wildman–Crippen LogP) is 4.26. The van der Waals surface area contributed by atoms with Crippen LogP contribution in [-0.2, 0) is 10.2 Å². The van der Waals surface area contributed by atoms with Crippen LogP contribution in [0, 0.1) is 5.92 Å². The van der Waals surface area contributed by atoms with E-state index in [4.69, 9.17) is 14.2 Å². The van der Waals surface area contributed by atoms with Gasteiger partial charge in [0.1, 0.15) is 0 Å². The highest BCUT2D eigenvalue weighted by Gasteiger charge is 2.44. The van der Waals surface area contributed by atoms with Gasteiger partial charge in [-0.25, -0.2) is 5.43 Å². The Balaban J connectivity index is 1.61. The van der Waals surface area contributed by atoms with Crippen molar-refractivity contribution in [2.75, 3.05) is 21.3 Å². The predicted molar refractivity (Wildman–Crippen MR) is 118 cm³/mol. The highest BCUT2D eigenvalue weighted by Crippen LogP contribution is 2.47. The molecular weight excluding hydrogens is 380 g/mol. The maximum Gasteiger partial charge on any atom is 0.243 e. The molecule has 1 saturated carbocycles. The normalized spacial score (nSPS) is 18.2. The Morgan fingerprint density at radius 3 is 2.13 bits per heavy atom. The van der Waals surface area contributed by atoms with Crippen molar-refractivity contribution in [2.24, 2.45) is 11.0 Å². The van der Waals surface area contributed by atoms with Crippen LogP contribution in [0.4, 0.5) is 0 Å². The number of benzene rings is 2. The van der Waals surface area contributed by atoms with E-state index in [0.717, 1.165) is 12.0 Å². The first-order chi connectivity index (χ1) is 14.3. The average molecular weight is 411 g/mol. The van der Waals surface area contributed by atoms with Crippen LogP contribution in [0.25, 0.3) is 0 Å². The van der Waals surface area contributed by atoms with Crippen molar-refractivity contribution >= 4 is 12.1 Å². The molecule has 0 spiro atoms. The van der Waals surface area contributed by atoms with Crippen molar-refractivity contribution in [1.29, 1.82) is 0 Å². The summed E-state index contributed by atoms with van der Waals surface area (Å²) in [5.74, 6) is 1.73. The third-order valence-electron chi connectivity index (χ3n) is 5.41. The van der Waals surface area contributed by atoms with Crippen LogP contribution in [0.15, 0.2) is 41.5 Å². The molecule has 0 radical (unpaired) electrons. The van der Waals surface area contributed by atoms with E-state index in [1.807, 2.05) is 0 Å². The molecule has 2 aromatic rings. The van der Waals surface area contributed by atoms with Gasteiger partial charge in [-0.1, -0.05) is 45.0 Å². The smallest absolute Gasteiger partial charge is 0.243 e. The van der Waals surface area contributed by atoms with E-state index in [2.05, 4.69) is 55.6 Å². The third-order valence-corrected chi connectivity index (χ3v) is 5.41. The van der Waals surface area contributed by atoms with Crippen molar-refractivity contribution < 1.29 is 19.0 Å². The Bertz CT molecular complexity index is 904. The summed E-state index contributed by atoms with van der Waals surface area (Å²) in [6.45, 7) is 6.59. The van der Waals surface area contributed by atoms with Crippen molar-refractivity contribution in [3.8, 4) is 17.2 Å². The summed E-state index contributed by atoms with van der Waals surface area (Å²) < 4.78 is 16.0. The number of hydrazone groups is 1. The van der Waals surface area contributed by atoms with Gasteiger partial charge in [-0.15, -0.1) is 0 Å². The number of nitrogens with one attached hydrogen (secondary N) is 1. The lowest BCUT2D eigenvalue weighted by molar-refractivity contribution is -0.122. The van der Waals surface area contributed by atoms with E-state index >= 15 is 0 Å². The second-order valence-corrected chi connectivity index (χ2v) is 8.51. The first-order valence-electron chi connectivity index (χ1n) is 10.0. The molecule has 1 aliphatic carbocycles. The highest BCUT2D eigenvalue weighted by atomic mass is 16.5. The maximum absolute atomic E-state index is 12.5. The molecule has 1 fully saturated rings. The molecule has 1 N–H and O–H groups in total. The zero-order valence-corrected chi connectivity index (χ0v) is 18.5. The third kappa shape index (κ3) is 4.75. The Hall–Kier alpha value is -3.02. The molecule has 0 unspecified atom stereocenters. The molecule has 6 heteroatoms. The standard InChI is InChI=1S/C24H30N2O4/c1-24(2,3)17-9-7-16(8-10-17)18-13-19(18)23(27)26-25-14-15-11-20(28-4)22(30-6)21(12-15)29-5/h7-12,14,18-19H,13H2,1-6H3,(H,26,27)/b25-14-/t18-,19+/m1/s1. The van der Waals surface area contributed by atoms with E-state index < -0.39 is 0 Å². The summed E-state index contributed by atoms with van der Waals surface area (Å²) >= 11 is 0. The second kappa shape index (κ2) is 8.78. The lowest BCUT2D eigenvalue weighted by Gasteiger charge is -2.19. The van der Waals surface area contributed by atoms with Gasteiger partial charge in [-0.3, -0.25) is 4.79 Å². The van der Waals surface area contributed by atoms with Crippen molar-refractivity contribution in [2.45, 2.75) is 38.5 Å². The molecule has 6 nitrogen and oxygen atoms in total. The largest absolute Gasteiger partial charge is 0.493 e. The Labute approximate surface area is 178 Å². The van der Waals surface area contributed by atoms with Gasteiger partial charge < -0.3 is 14.2 Å². The van der Waals surface area contributed by atoms with E-state index in [1.54, 1.807) is 39.7 Å². The van der Waals surface area contributed by atoms with E-state index in [9.17, 15) is 4.79 Å². The Morgan fingerprint density at radius 2 is 1.63 bits per heavy atom. The molecule has 160 valence electrons. The number of hydrogen-bond acceptors (Lipinski definition) is 5. The minimum atomic E-state index is -0.0661. The van der Waals surface area contributed by atoms with Gasteiger partial charge in [0.25, 0.3) is 0 Å². The molecule has 0 bridgehead atoms. The molecule has 0 aromatic heterocycles. The fraction of sp³-hybridized carbons (Fsp3) is 0.417. The number of methoxy groups -OCH3 is 3. The molecule has 0 saturated heterocycles. The summed E-state index contributed by atoms with van der Waals surface area (Å²) in [6.07, 6.45) is 2.41. The monoisotopic (exact) mass is 410 g/mol. The van der Waals surface area contributed by atoms with Gasteiger partial charge in [0, 0.05) is 11.5 Å². The molecule has 0 heterocycles. The quantitative estimate of drug-likeness (QED) is 0.547. The van der Waals surface area contributed by atoms with Crippen LogP contribution in [0.3, 0.4) is 0 Å². The summed E-state index contributed by atoms with van der Waals surface area (Å²) in [6, 6.07) is 12.1. The van der Waals surface area contributed by atoms with E-state index in [1.165, 1.54) is 11.1 Å². The first-order valence-corrected chi connectivity index (χ1v) is 10.0. The van der Waals surface area contributed by atoms with Crippen LogP contribution in [0.2, 0.25) is 0 Å². The summed E-state index contributed by atoms with van der Waals surface area (Å²) in [7, 11) is 4.67.